The predicted molar refractivity (Wildman–Crippen MR) is 88.8 cm³/mol. The summed E-state index contributed by atoms with van der Waals surface area (Å²) in [6, 6.07) is 6.26. The van der Waals surface area contributed by atoms with E-state index in [1.165, 1.54) is 6.07 Å². The number of benzene rings is 1. The molecular formula is C16H26ClFN2O2. The summed E-state index contributed by atoms with van der Waals surface area (Å²) in [5.41, 5.74) is 5.95. The highest BCUT2D eigenvalue weighted by molar-refractivity contribution is 5.85. The number of nitrogens with zero attached hydrogens (tertiary/aromatic N) is 1. The third kappa shape index (κ3) is 7.09. The van der Waals surface area contributed by atoms with Crippen LogP contribution < -0.4 is 10.5 Å². The lowest BCUT2D eigenvalue weighted by Gasteiger charge is -2.21. The van der Waals surface area contributed by atoms with E-state index < -0.39 is 5.82 Å². The number of halogens is 2. The molecule has 0 heterocycles. The molecule has 126 valence electrons. The van der Waals surface area contributed by atoms with E-state index in [-0.39, 0.29) is 43.1 Å². The van der Waals surface area contributed by atoms with E-state index in [1.54, 1.807) is 30.1 Å². The van der Waals surface area contributed by atoms with Gasteiger partial charge in [0.25, 0.3) is 0 Å². The first kappa shape index (κ1) is 20.7. The van der Waals surface area contributed by atoms with E-state index in [0.29, 0.717) is 12.5 Å². The van der Waals surface area contributed by atoms with Gasteiger partial charge < -0.3 is 15.4 Å². The number of amides is 1. The standard InChI is InChI=1S/C16H25FN2O2.ClH/c1-12(2)14(18)8-10-19(3)16(20)9-11-21-15-7-5-4-6-13(15)17;/h4-7,12,14H,8-11,18H2,1-3H3;1H. The summed E-state index contributed by atoms with van der Waals surface area (Å²) >= 11 is 0. The Bertz CT molecular complexity index is 458. The Kier molecular flexibility index (Phi) is 9.78. The van der Waals surface area contributed by atoms with Crippen LogP contribution in [0.4, 0.5) is 4.39 Å². The van der Waals surface area contributed by atoms with Crippen LogP contribution in [0.2, 0.25) is 0 Å². The normalized spacial score (nSPS) is 11.7. The number of rotatable bonds is 8. The van der Waals surface area contributed by atoms with Crippen molar-refractivity contribution in [1.29, 1.82) is 0 Å². The van der Waals surface area contributed by atoms with Crippen LogP contribution in [0.1, 0.15) is 26.7 Å². The Morgan fingerprint density at radius 2 is 2.00 bits per heavy atom. The largest absolute Gasteiger partial charge is 0.490 e. The minimum atomic E-state index is -0.416. The average Bonchev–Trinajstić information content (AvgIpc) is 2.46. The van der Waals surface area contributed by atoms with Crippen molar-refractivity contribution in [3.8, 4) is 5.75 Å². The number of para-hydroxylation sites is 1. The Balaban J connectivity index is 0.00000441. The number of carbonyl (C=O) groups excluding carboxylic acids is 1. The highest BCUT2D eigenvalue weighted by Crippen LogP contribution is 2.15. The van der Waals surface area contributed by atoms with Gasteiger partial charge in [0.15, 0.2) is 11.6 Å². The number of ether oxygens (including phenoxy) is 1. The lowest BCUT2D eigenvalue weighted by Crippen LogP contribution is -2.35. The van der Waals surface area contributed by atoms with Crippen LogP contribution in [0.3, 0.4) is 0 Å². The van der Waals surface area contributed by atoms with Crippen LogP contribution in [0.5, 0.6) is 5.75 Å². The van der Waals surface area contributed by atoms with Gasteiger partial charge in [0.2, 0.25) is 5.91 Å². The maximum absolute atomic E-state index is 13.3. The third-order valence-electron chi connectivity index (χ3n) is 3.49. The zero-order valence-corrected chi connectivity index (χ0v) is 14.2. The van der Waals surface area contributed by atoms with Gasteiger partial charge in [-0.05, 0) is 24.5 Å². The van der Waals surface area contributed by atoms with E-state index in [2.05, 4.69) is 13.8 Å². The Morgan fingerprint density at radius 3 is 2.59 bits per heavy atom. The minimum absolute atomic E-state index is 0. The monoisotopic (exact) mass is 332 g/mol. The van der Waals surface area contributed by atoms with Crippen molar-refractivity contribution < 1.29 is 13.9 Å². The van der Waals surface area contributed by atoms with Gasteiger partial charge in [0, 0.05) is 19.6 Å². The van der Waals surface area contributed by atoms with Gasteiger partial charge >= 0.3 is 0 Å². The summed E-state index contributed by atoms with van der Waals surface area (Å²) in [7, 11) is 1.75. The Labute approximate surface area is 138 Å². The molecule has 0 saturated heterocycles. The second kappa shape index (κ2) is 10.4. The van der Waals surface area contributed by atoms with E-state index in [0.717, 1.165) is 6.42 Å². The molecule has 0 bridgehead atoms. The highest BCUT2D eigenvalue weighted by atomic mass is 35.5. The molecule has 0 radical (unpaired) electrons. The molecule has 0 spiro atoms. The molecule has 22 heavy (non-hydrogen) atoms. The molecule has 0 saturated carbocycles. The second-order valence-electron chi connectivity index (χ2n) is 5.54. The van der Waals surface area contributed by atoms with Crippen molar-refractivity contribution in [2.45, 2.75) is 32.7 Å². The summed E-state index contributed by atoms with van der Waals surface area (Å²) in [6.07, 6.45) is 0.996. The lowest BCUT2D eigenvalue weighted by molar-refractivity contribution is -0.130. The van der Waals surface area contributed by atoms with Crippen molar-refractivity contribution in [3.63, 3.8) is 0 Å². The van der Waals surface area contributed by atoms with Gasteiger partial charge in [-0.3, -0.25) is 4.79 Å². The van der Waals surface area contributed by atoms with Crippen LogP contribution in [-0.2, 0) is 4.79 Å². The zero-order chi connectivity index (χ0) is 15.8. The summed E-state index contributed by atoms with van der Waals surface area (Å²) in [4.78, 5) is 13.6. The van der Waals surface area contributed by atoms with E-state index in [1.807, 2.05) is 0 Å². The van der Waals surface area contributed by atoms with E-state index in [4.69, 9.17) is 10.5 Å². The number of nitrogens with two attached hydrogens (primary N) is 1. The molecule has 0 aromatic heterocycles. The average molecular weight is 333 g/mol. The van der Waals surface area contributed by atoms with Gasteiger partial charge in [-0.25, -0.2) is 4.39 Å². The quantitative estimate of drug-likeness (QED) is 0.796. The van der Waals surface area contributed by atoms with Crippen LogP contribution in [0, 0.1) is 11.7 Å². The molecule has 1 rings (SSSR count). The summed E-state index contributed by atoms with van der Waals surface area (Å²) in [6.45, 7) is 4.92. The zero-order valence-electron chi connectivity index (χ0n) is 13.4. The second-order valence-corrected chi connectivity index (χ2v) is 5.54. The number of hydrogen-bond donors (Lipinski definition) is 1. The summed E-state index contributed by atoms with van der Waals surface area (Å²) in [5, 5.41) is 0. The number of hydrogen-bond acceptors (Lipinski definition) is 3. The molecule has 1 unspecified atom stereocenters. The maximum Gasteiger partial charge on any atom is 0.225 e. The van der Waals surface area contributed by atoms with Crippen molar-refractivity contribution in [2.75, 3.05) is 20.2 Å². The molecule has 0 aliphatic carbocycles. The predicted octanol–water partition coefficient (Wildman–Crippen LogP) is 2.85. The highest BCUT2D eigenvalue weighted by Gasteiger charge is 2.13. The van der Waals surface area contributed by atoms with Crippen molar-refractivity contribution in [3.05, 3.63) is 30.1 Å². The van der Waals surface area contributed by atoms with Crippen LogP contribution in [0.15, 0.2) is 24.3 Å². The first-order valence-corrected chi connectivity index (χ1v) is 7.28. The first-order valence-electron chi connectivity index (χ1n) is 7.28. The van der Waals surface area contributed by atoms with Gasteiger partial charge in [0.1, 0.15) is 0 Å². The van der Waals surface area contributed by atoms with Crippen molar-refractivity contribution >= 4 is 18.3 Å². The molecule has 1 amide bonds. The third-order valence-corrected chi connectivity index (χ3v) is 3.49. The molecule has 2 N–H and O–H groups in total. The Morgan fingerprint density at radius 1 is 1.36 bits per heavy atom. The van der Waals surface area contributed by atoms with E-state index in [9.17, 15) is 9.18 Å². The molecule has 1 atom stereocenters. The van der Waals surface area contributed by atoms with Gasteiger partial charge in [0.05, 0.1) is 13.0 Å². The SMILES string of the molecule is CC(C)C(N)CCN(C)C(=O)CCOc1ccccc1F.Cl. The fourth-order valence-electron chi connectivity index (χ4n) is 1.80. The molecule has 4 nitrogen and oxygen atoms in total. The molecule has 0 aliphatic rings. The van der Waals surface area contributed by atoms with Crippen molar-refractivity contribution in [2.24, 2.45) is 11.7 Å². The van der Waals surface area contributed by atoms with Crippen LogP contribution in [0.25, 0.3) is 0 Å². The van der Waals surface area contributed by atoms with Gasteiger partial charge in [-0.15, -0.1) is 12.4 Å². The molecular weight excluding hydrogens is 307 g/mol. The summed E-state index contributed by atoms with van der Waals surface area (Å²) < 4.78 is 18.6. The molecule has 0 fully saturated rings. The fraction of sp³-hybridized carbons (Fsp3) is 0.562. The van der Waals surface area contributed by atoms with Crippen LogP contribution in [-0.4, -0.2) is 37.0 Å². The topological polar surface area (TPSA) is 55.6 Å². The molecule has 1 aromatic rings. The fourth-order valence-corrected chi connectivity index (χ4v) is 1.80. The Hall–Kier alpha value is -1.33. The maximum atomic E-state index is 13.3. The lowest BCUT2D eigenvalue weighted by atomic mass is 10.0. The first-order chi connectivity index (χ1) is 9.91. The minimum Gasteiger partial charge on any atom is -0.490 e. The number of carbonyl (C=O) groups is 1. The van der Waals surface area contributed by atoms with Gasteiger partial charge in [-0.2, -0.15) is 0 Å². The molecule has 0 aliphatic heterocycles. The van der Waals surface area contributed by atoms with Crippen molar-refractivity contribution in [1.82, 2.24) is 4.90 Å². The smallest absolute Gasteiger partial charge is 0.225 e. The molecule has 1 aromatic carbocycles. The van der Waals surface area contributed by atoms with E-state index >= 15 is 0 Å². The van der Waals surface area contributed by atoms with Gasteiger partial charge in [-0.1, -0.05) is 26.0 Å². The summed E-state index contributed by atoms with van der Waals surface area (Å²) in [5.74, 6) is 0.135. The molecule has 6 heteroatoms. The van der Waals surface area contributed by atoms with Crippen LogP contribution >= 0.6 is 12.4 Å².